The molecule has 0 fully saturated rings. The van der Waals surface area contributed by atoms with Crippen molar-refractivity contribution in [3.05, 3.63) is 99.5 Å². The lowest BCUT2D eigenvalue weighted by molar-refractivity contribution is -0.140. The van der Waals surface area contributed by atoms with Gasteiger partial charge in [-0.1, -0.05) is 91.6 Å². The van der Waals surface area contributed by atoms with Crippen molar-refractivity contribution < 1.29 is 18.0 Å². The van der Waals surface area contributed by atoms with Gasteiger partial charge in [0, 0.05) is 34.6 Å². The second-order valence-corrected chi connectivity index (χ2v) is 12.7. The Bertz CT molecular complexity index is 1430. The zero-order valence-corrected chi connectivity index (χ0v) is 26.1. The Morgan fingerprint density at radius 2 is 1.51 bits per heavy atom. The summed E-state index contributed by atoms with van der Waals surface area (Å²) in [4.78, 5) is 29.4. The van der Waals surface area contributed by atoms with Crippen LogP contribution in [0.2, 0.25) is 10.0 Å². The summed E-state index contributed by atoms with van der Waals surface area (Å²) in [6, 6.07) is 20.4. The number of amides is 2. The van der Waals surface area contributed by atoms with Gasteiger partial charge >= 0.3 is 0 Å². The minimum Gasteiger partial charge on any atom is -0.352 e. The van der Waals surface area contributed by atoms with Crippen molar-refractivity contribution in [2.45, 2.75) is 58.7 Å². The van der Waals surface area contributed by atoms with E-state index in [0.29, 0.717) is 34.1 Å². The number of nitrogens with one attached hydrogen (secondary N) is 1. The molecule has 7 nitrogen and oxygen atoms in total. The molecule has 1 N–H and O–H groups in total. The molecule has 0 aliphatic carbocycles. The minimum absolute atomic E-state index is 0.0875. The molecular formula is C31H37Cl2N3O4S. The minimum atomic E-state index is -3.86. The highest BCUT2D eigenvalue weighted by Gasteiger charge is 2.34. The van der Waals surface area contributed by atoms with Crippen molar-refractivity contribution in [1.82, 2.24) is 10.2 Å². The second kappa shape index (κ2) is 14.7. The predicted octanol–water partition coefficient (Wildman–Crippen LogP) is 5.88. The van der Waals surface area contributed by atoms with E-state index in [-0.39, 0.29) is 24.9 Å². The van der Waals surface area contributed by atoms with E-state index >= 15 is 0 Å². The Morgan fingerprint density at radius 3 is 2.10 bits per heavy atom. The van der Waals surface area contributed by atoms with Crippen LogP contribution in [0, 0.1) is 0 Å². The number of para-hydroxylation sites is 1. The first-order valence-electron chi connectivity index (χ1n) is 13.6. The third-order valence-electron chi connectivity index (χ3n) is 6.98. The molecule has 0 saturated carbocycles. The Hall–Kier alpha value is -3.07. The number of nitrogens with zero attached hydrogens (tertiary/aromatic N) is 2. The number of halogens is 2. The highest BCUT2D eigenvalue weighted by atomic mass is 35.5. The van der Waals surface area contributed by atoms with E-state index < -0.39 is 28.5 Å². The SMILES string of the molecule is CCc1ccccc1N(CC(=O)N(Cc1c(Cl)cccc1Cl)[C@@H](Cc1ccccc1)C(=O)N[C@@H](C)CC)S(C)(=O)=O. The molecule has 3 aromatic rings. The number of hydrogen-bond donors (Lipinski definition) is 1. The fourth-order valence-corrected chi connectivity index (χ4v) is 5.89. The highest BCUT2D eigenvalue weighted by Crippen LogP contribution is 2.29. The molecule has 0 unspecified atom stereocenters. The van der Waals surface area contributed by atoms with Crippen LogP contribution in [0.1, 0.15) is 43.9 Å². The summed E-state index contributed by atoms with van der Waals surface area (Å²) in [6.07, 6.45) is 2.55. The summed E-state index contributed by atoms with van der Waals surface area (Å²) in [5, 5.41) is 3.68. The summed E-state index contributed by atoms with van der Waals surface area (Å²) in [5.74, 6) is -0.905. The molecule has 0 bridgehead atoms. The maximum absolute atomic E-state index is 14.2. The summed E-state index contributed by atoms with van der Waals surface area (Å²) in [5.41, 5.74) is 2.52. The van der Waals surface area contributed by atoms with Crippen LogP contribution in [0.15, 0.2) is 72.8 Å². The highest BCUT2D eigenvalue weighted by molar-refractivity contribution is 7.92. The van der Waals surface area contributed by atoms with Crippen LogP contribution < -0.4 is 9.62 Å². The molecule has 0 aliphatic heterocycles. The van der Waals surface area contributed by atoms with E-state index in [0.717, 1.165) is 21.7 Å². The number of hydrogen-bond acceptors (Lipinski definition) is 4. The molecule has 2 atom stereocenters. The van der Waals surface area contributed by atoms with E-state index in [1.54, 1.807) is 30.3 Å². The van der Waals surface area contributed by atoms with Crippen LogP contribution in [-0.4, -0.2) is 50.0 Å². The third-order valence-corrected chi connectivity index (χ3v) is 8.82. The van der Waals surface area contributed by atoms with Crippen molar-refractivity contribution >= 4 is 50.7 Å². The van der Waals surface area contributed by atoms with Gasteiger partial charge in [0.1, 0.15) is 12.6 Å². The van der Waals surface area contributed by atoms with Gasteiger partial charge in [0.15, 0.2) is 0 Å². The number of carbonyl (C=O) groups excluding carboxylic acids is 2. The van der Waals surface area contributed by atoms with Crippen molar-refractivity contribution in [3.63, 3.8) is 0 Å². The largest absolute Gasteiger partial charge is 0.352 e. The van der Waals surface area contributed by atoms with Crippen LogP contribution in [0.3, 0.4) is 0 Å². The van der Waals surface area contributed by atoms with Crippen LogP contribution >= 0.6 is 23.2 Å². The fourth-order valence-electron chi connectivity index (χ4n) is 4.50. The van der Waals surface area contributed by atoms with Gasteiger partial charge in [-0.25, -0.2) is 8.42 Å². The van der Waals surface area contributed by atoms with E-state index in [1.165, 1.54) is 4.90 Å². The maximum Gasteiger partial charge on any atom is 0.244 e. The topological polar surface area (TPSA) is 86.8 Å². The smallest absolute Gasteiger partial charge is 0.244 e. The van der Waals surface area contributed by atoms with E-state index in [4.69, 9.17) is 23.2 Å². The standard InChI is InChI=1S/C31H37Cl2N3O4S/c1-5-22(3)34-31(38)29(19-23-13-8-7-9-14-23)35(20-25-26(32)16-12-17-27(25)33)30(37)21-36(41(4,39)40)28-18-11-10-15-24(28)6-2/h7-18,22,29H,5-6,19-21H2,1-4H3,(H,34,38)/t22-,29-/m0/s1. The monoisotopic (exact) mass is 617 g/mol. The number of rotatable bonds is 13. The van der Waals surface area contributed by atoms with Crippen LogP contribution in [0.4, 0.5) is 5.69 Å². The van der Waals surface area contributed by atoms with Gasteiger partial charge in [0.05, 0.1) is 11.9 Å². The normalized spacial score (nSPS) is 12.8. The lowest BCUT2D eigenvalue weighted by atomic mass is 10.0. The lowest BCUT2D eigenvalue weighted by Crippen LogP contribution is -2.54. The first-order valence-corrected chi connectivity index (χ1v) is 16.2. The van der Waals surface area contributed by atoms with Gasteiger partial charge < -0.3 is 10.2 Å². The van der Waals surface area contributed by atoms with Crippen molar-refractivity contribution in [2.75, 3.05) is 17.1 Å². The van der Waals surface area contributed by atoms with E-state index in [2.05, 4.69) is 5.32 Å². The lowest BCUT2D eigenvalue weighted by Gasteiger charge is -2.34. The van der Waals surface area contributed by atoms with Gasteiger partial charge in [-0.3, -0.25) is 13.9 Å². The average Bonchev–Trinajstić information content (AvgIpc) is 2.94. The Balaban J connectivity index is 2.13. The van der Waals surface area contributed by atoms with Crippen LogP contribution in [-0.2, 0) is 39.0 Å². The van der Waals surface area contributed by atoms with Gasteiger partial charge in [-0.05, 0) is 49.1 Å². The number of benzene rings is 3. The number of carbonyl (C=O) groups is 2. The van der Waals surface area contributed by atoms with Crippen molar-refractivity contribution in [1.29, 1.82) is 0 Å². The Kier molecular flexibility index (Phi) is 11.6. The summed E-state index contributed by atoms with van der Waals surface area (Å²) < 4.78 is 27.2. The summed E-state index contributed by atoms with van der Waals surface area (Å²) >= 11 is 13.0. The molecule has 0 radical (unpaired) electrons. The number of anilines is 1. The molecule has 2 amide bonds. The molecule has 0 aliphatic rings. The first-order chi connectivity index (χ1) is 19.5. The van der Waals surface area contributed by atoms with Crippen LogP contribution in [0.25, 0.3) is 0 Å². The van der Waals surface area contributed by atoms with Gasteiger partial charge in [-0.2, -0.15) is 0 Å². The van der Waals surface area contributed by atoms with Crippen LogP contribution in [0.5, 0.6) is 0 Å². The zero-order chi connectivity index (χ0) is 30.2. The van der Waals surface area contributed by atoms with E-state index in [1.807, 2.05) is 63.2 Å². The molecule has 3 aromatic carbocycles. The molecule has 0 spiro atoms. The predicted molar refractivity (Wildman–Crippen MR) is 167 cm³/mol. The molecule has 3 rings (SSSR count). The Labute approximate surface area is 253 Å². The zero-order valence-electron chi connectivity index (χ0n) is 23.8. The van der Waals surface area contributed by atoms with Crippen molar-refractivity contribution in [2.24, 2.45) is 0 Å². The quantitative estimate of drug-likeness (QED) is 0.260. The number of sulfonamides is 1. The number of aryl methyl sites for hydroxylation is 1. The molecule has 41 heavy (non-hydrogen) atoms. The molecule has 220 valence electrons. The molecule has 0 heterocycles. The summed E-state index contributed by atoms with van der Waals surface area (Å²) in [6.45, 7) is 5.18. The summed E-state index contributed by atoms with van der Waals surface area (Å²) in [7, 11) is -3.86. The molecule has 0 saturated heterocycles. The van der Waals surface area contributed by atoms with Gasteiger partial charge in [0.25, 0.3) is 0 Å². The third kappa shape index (κ3) is 8.71. The first kappa shape index (κ1) is 32.4. The van der Waals surface area contributed by atoms with Gasteiger partial charge in [-0.15, -0.1) is 0 Å². The maximum atomic E-state index is 14.2. The van der Waals surface area contributed by atoms with Gasteiger partial charge in [0.2, 0.25) is 21.8 Å². The molecule has 0 aromatic heterocycles. The fraction of sp³-hybridized carbons (Fsp3) is 0.355. The molecular weight excluding hydrogens is 581 g/mol. The van der Waals surface area contributed by atoms with E-state index in [9.17, 15) is 18.0 Å². The second-order valence-electron chi connectivity index (χ2n) is 10.00. The average molecular weight is 619 g/mol. The Morgan fingerprint density at radius 1 is 0.902 bits per heavy atom. The van der Waals surface area contributed by atoms with Crippen molar-refractivity contribution in [3.8, 4) is 0 Å². The molecule has 10 heteroatoms.